The van der Waals surface area contributed by atoms with Gasteiger partial charge in [-0.1, -0.05) is 6.08 Å². The smallest absolute Gasteiger partial charge is 0.0465 e. The van der Waals surface area contributed by atoms with Crippen molar-refractivity contribution in [2.24, 2.45) is 0 Å². The van der Waals surface area contributed by atoms with E-state index in [4.69, 9.17) is 5.11 Å². The van der Waals surface area contributed by atoms with Crippen LogP contribution in [-0.2, 0) is 0 Å². The summed E-state index contributed by atoms with van der Waals surface area (Å²) in [5.74, 6) is 0. The zero-order chi connectivity index (χ0) is 4.12. The van der Waals surface area contributed by atoms with E-state index in [2.05, 4.69) is 6.58 Å². The third kappa shape index (κ3) is 9.49. The van der Waals surface area contributed by atoms with Gasteiger partial charge in [0.05, 0.1) is 0 Å². The Balaban J connectivity index is 0. The van der Waals surface area contributed by atoms with Crippen LogP contribution in [0, 0.1) is 6.15 Å². The van der Waals surface area contributed by atoms with Crippen LogP contribution in [-0.4, -0.2) is 11.7 Å². The predicted octanol–water partition coefficient (Wildman–Crippen LogP) is 0.555. The van der Waals surface area contributed by atoms with E-state index in [0.29, 0.717) is 6.42 Å². The molecule has 0 aromatic heterocycles. The van der Waals surface area contributed by atoms with E-state index >= 15 is 0 Å². The molecule has 0 rings (SSSR count). The molecule has 0 fully saturated rings. The van der Waals surface area contributed by atoms with Crippen LogP contribution in [0.3, 0.4) is 0 Å². The maximum atomic E-state index is 8.00. The Hall–Kier alpha value is -0.391. The predicted molar refractivity (Wildman–Crippen MR) is 21.9 cm³/mol. The van der Waals surface area contributed by atoms with Gasteiger partial charge in [-0.25, -0.2) is 0 Å². The molecule has 0 aliphatic carbocycles. The van der Waals surface area contributed by atoms with Crippen molar-refractivity contribution in [3.05, 3.63) is 12.7 Å². The van der Waals surface area contributed by atoms with E-state index in [1.807, 2.05) is 0 Å². The monoisotopic (exact) mass is 76.1 g/mol. The van der Waals surface area contributed by atoms with Gasteiger partial charge in [-0.3, -0.25) is 0 Å². The Morgan fingerprint density at radius 3 is 2.17 bits per heavy atom. The van der Waals surface area contributed by atoms with E-state index in [0.717, 1.165) is 0 Å². The van der Waals surface area contributed by atoms with Crippen LogP contribution < -0.4 is 0 Å². The van der Waals surface area contributed by atoms with Crippen molar-refractivity contribution < 1.29 is 11.3 Å². The fraction of sp³-hybridized carbons (Fsp3) is 0.500. The summed E-state index contributed by atoms with van der Waals surface area (Å²) in [4.78, 5) is 0. The molecule has 32 valence electrons. The van der Waals surface area contributed by atoms with E-state index in [-0.39, 0.29) is 12.8 Å². The van der Waals surface area contributed by atoms with E-state index in [1.165, 1.54) is 0 Å². The van der Waals surface area contributed by atoms with Gasteiger partial charge in [0.15, 0.2) is 0 Å². The van der Waals surface area contributed by atoms with Crippen LogP contribution in [0.4, 0.5) is 0 Å². The molecule has 0 saturated carbocycles. The first-order valence-corrected chi connectivity index (χ1v) is 1.63. The second kappa shape index (κ2) is 8.82. The molecule has 0 aromatic rings. The van der Waals surface area contributed by atoms with Crippen molar-refractivity contribution in [3.8, 4) is 0 Å². The summed E-state index contributed by atoms with van der Waals surface area (Å²) in [7, 11) is 0. The van der Waals surface area contributed by atoms with Gasteiger partial charge in [0, 0.05) is 12.8 Å². The third-order valence-electron chi connectivity index (χ3n) is 0.333. The number of aliphatic hydroxyl groups is 1. The summed E-state index contributed by atoms with van der Waals surface area (Å²) in [6.07, 6.45) is 2.39. The summed E-state index contributed by atoms with van der Waals surface area (Å²) in [5.41, 5.74) is 0. The van der Waals surface area contributed by atoms with Crippen LogP contribution in [0.1, 0.15) is 6.42 Å². The summed E-state index contributed by atoms with van der Waals surface area (Å²) < 4.78 is 0. The molecule has 6 heavy (non-hydrogen) atoms. The molecule has 0 aromatic carbocycles. The van der Waals surface area contributed by atoms with E-state index in [1.54, 1.807) is 6.08 Å². The molecule has 0 radical (unpaired) electrons. The van der Waals surface area contributed by atoms with E-state index < -0.39 is 0 Å². The number of aliphatic hydroxyl groups excluding tert-OH is 1. The molecule has 0 heterocycles. The minimum atomic E-state index is 0. The molecule has 0 aliphatic heterocycles. The molecule has 0 spiro atoms. The Kier molecular flexibility index (Phi) is 13.4. The fourth-order valence-electron chi connectivity index (χ4n) is 0.0913. The van der Waals surface area contributed by atoms with Gasteiger partial charge in [0.1, 0.15) is 0 Å². The van der Waals surface area contributed by atoms with Crippen molar-refractivity contribution in [1.82, 2.24) is 0 Å². The minimum absolute atomic E-state index is 0. The summed E-state index contributed by atoms with van der Waals surface area (Å²) in [6, 6.07) is 0. The zero-order valence-electron chi connectivity index (χ0n) is 3.85. The van der Waals surface area contributed by atoms with Gasteiger partial charge >= 0.3 is 0 Å². The molecule has 1 N–H and O–H groups in total. The van der Waals surface area contributed by atoms with Crippen LogP contribution >= 0.6 is 0 Å². The Labute approximate surface area is 38.1 Å². The molecule has 0 atom stereocenters. The maximum absolute atomic E-state index is 8.00. The van der Waals surface area contributed by atoms with Crippen LogP contribution in [0.2, 0.25) is 0 Å². The second-order valence-electron chi connectivity index (χ2n) is 0.801. The Bertz CT molecular complexity index is 28.7. The molecule has 0 saturated heterocycles. The third-order valence-corrected chi connectivity index (χ3v) is 0.333. The zero-order valence-corrected chi connectivity index (χ0v) is 3.85. The topological polar surface area (TPSA) is 20.2 Å². The first-order valence-electron chi connectivity index (χ1n) is 1.63. The number of rotatable bonds is 2. The maximum Gasteiger partial charge on any atom is 0.0465 e. The molecule has 0 unspecified atom stereocenters. The molecule has 1 nitrogen and oxygen atoms in total. The van der Waals surface area contributed by atoms with Gasteiger partial charge < -0.3 is 5.11 Å². The van der Waals surface area contributed by atoms with E-state index in [9.17, 15) is 0 Å². The molecule has 0 aliphatic rings. The first kappa shape index (κ1) is 9.15. The van der Waals surface area contributed by atoms with Gasteiger partial charge in [0.25, 0.3) is 0 Å². The van der Waals surface area contributed by atoms with Gasteiger partial charge in [-0.05, 0) is 6.42 Å². The second-order valence-corrected chi connectivity index (χ2v) is 0.801. The minimum Gasteiger partial charge on any atom is -0.396 e. The quantitative estimate of drug-likeness (QED) is 0.476. The average molecular weight is 76.1 g/mol. The summed E-state index contributed by atoms with van der Waals surface area (Å²) in [5, 5.41) is 8.00. The van der Waals surface area contributed by atoms with Gasteiger partial charge in [-0.15, -0.1) is 6.58 Å². The Morgan fingerprint density at radius 1 is 1.67 bits per heavy atom. The van der Waals surface area contributed by atoms with Gasteiger partial charge in [-0.2, -0.15) is 0 Å². The van der Waals surface area contributed by atoms with Crippen LogP contribution in [0.5, 0.6) is 0 Å². The van der Waals surface area contributed by atoms with Crippen molar-refractivity contribution in [2.45, 2.75) is 6.42 Å². The summed E-state index contributed by atoms with van der Waals surface area (Å²) in [6.45, 7) is 3.62. The summed E-state index contributed by atoms with van der Waals surface area (Å²) >= 11 is 0. The SMILES string of the molecule is C=CCCO.[He]. The largest absolute Gasteiger partial charge is 0.396 e. The molecule has 2 heteroatoms. The molecule has 0 amide bonds. The first-order chi connectivity index (χ1) is 2.41. The average Bonchev–Trinajstić information content (AvgIpc) is 1.41. The molecule has 0 bridgehead atoms. The fourth-order valence-corrected chi connectivity index (χ4v) is 0.0913. The standard InChI is InChI=1S/C4H8O.He/c1-2-3-4-5;/h2,5H,1,3-4H2;. The van der Waals surface area contributed by atoms with Crippen LogP contribution in [0.15, 0.2) is 12.7 Å². The van der Waals surface area contributed by atoms with Crippen molar-refractivity contribution in [3.63, 3.8) is 0 Å². The molecular weight excluding hydrogens is 68.0 g/mol. The van der Waals surface area contributed by atoms with Crippen molar-refractivity contribution in [1.29, 1.82) is 0 Å². The molecular formula is C4H8HeO. The normalized spacial score (nSPS) is 6.17. The number of hydrogen-bond acceptors (Lipinski definition) is 1. The Morgan fingerprint density at radius 2 is 2.17 bits per heavy atom. The van der Waals surface area contributed by atoms with Gasteiger partial charge in [0.2, 0.25) is 0 Å². The van der Waals surface area contributed by atoms with Crippen molar-refractivity contribution in [2.75, 3.05) is 6.61 Å². The van der Waals surface area contributed by atoms with Crippen LogP contribution in [0.25, 0.3) is 0 Å². The van der Waals surface area contributed by atoms with Crippen molar-refractivity contribution >= 4 is 0 Å². The number of hydrogen-bond donors (Lipinski definition) is 1.